The van der Waals surface area contributed by atoms with Crippen LogP contribution in [0.2, 0.25) is 0 Å². The van der Waals surface area contributed by atoms with Gasteiger partial charge in [-0.2, -0.15) is 0 Å². The molecule has 3 heteroatoms. The van der Waals surface area contributed by atoms with Crippen molar-refractivity contribution in [1.29, 1.82) is 0 Å². The van der Waals surface area contributed by atoms with Gasteiger partial charge in [0.15, 0.2) is 0 Å². The molecule has 0 saturated heterocycles. The quantitative estimate of drug-likeness (QED) is 0.889. The molecule has 0 atom stereocenters. The number of benzene rings is 1. The van der Waals surface area contributed by atoms with Crippen molar-refractivity contribution in [2.45, 2.75) is 33.2 Å². The minimum Gasteiger partial charge on any atom is -0.481 e. The molecular weight excluding hydrogens is 226 g/mol. The van der Waals surface area contributed by atoms with Crippen LogP contribution in [0, 0.1) is 5.41 Å². The van der Waals surface area contributed by atoms with Crippen LogP contribution in [0.5, 0.6) is 0 Å². The molecule has 2 rings (SSSR count). The summed E-state index contributed by atoms with van der Waals surface area (Å²) in [5.74, 6) is -0.708. The summed E-state index contributed by atoms with van der Waals surface area (Å²) in [5.41, 5.74) is 2.19. The third-order valence-electron chi connectivity index (χ3n) is 3.84. The molecule has 0 saturated carbocycles. The monoisotopic (exact) mass is 247 g/mol. The Kier molecular flexibility index (Phi) is 3.71. The summed E-state index contributed by atoms with van der Waals surface area (Å²) in [6.45, 7) is 6.44. The van der Waals surface area contributed by atoms with Gasteiger partial charge in [0.1, 0.15) is 0 Å². The highest BCUT2D eigenvalue weighted by Crippen LogP contribution is 2.24. The smallest absolute Gasteiger partial charge is 0.309 e. The SMILES string of the molecule is CC(C)(CCN1CCc2ccccc2C1)C(=O)O. The van der Waals surface area contributed by atoms with Gasteiger partial charge in [-0.1, -0.05) is 24.3 Å². The minimum absolute atomic E-state index is 0.628. The van der Waals surface area contributed by atoms with Gasteiger partial charge in [-0.25, -0.2) is 0 Å². The Morgan fingerprint density at radius 2 is 2.00 bits per heavy atom. The minimum atomic E-state index is -0.708. The highest BCUT2D eigenvalue weighted by Gasteiger charge is 2.28. The van der Waals surface area contributed by atoms with E-state index < -0.39 is 11.4 Å². The van der Waals surface area contributed by atoms with Gasteiger partial charge >= 0.3 is 5.97 Å². The van der Waals surface area contributed by atoms with E-state index in [2.05, 4.69) is 29.2 Å². The Labute approximate surface area is 108 Å². The van der Waals surface area contributed by atoms with Crippen LogP contribution in [0.3, 0.4) is 0 Å². The van der Waals surface area contributed by atoms with Gasteiger partial charge in [0.25, 0.3) is 0 Å². The zero-order chi connectivity index (χ0) is 13.2. The molecule has 0 fully saturated rings. The second kappa shape index (κ2) is 5.11. The first-order chi connectivity index (χ1) is 8.49. The van der Waals surface area contributed by atoms with Gasteiger partial charge < -0.3 is 5.11 Å². The maximum absolute atomic E-state index is 11.1. The molecule has 0 radical (unpaired) electrons. The Hall–Kier alpha value is -1.35. The molecule has 1 aliphatic heterocycles. The summed E-state index contributed by atoms with van der Waals surface area (Å²) >= 11 is 0. The first-order valence-corrected chi connectivity index (χ1v) is 6.51. The lowest BCUT2D eigenvalue weighted by Gasteiger charge is -2.31. The number of carboxylic acid groups (broad SMARTS) is 1. The summed E-state index contributed by atoms with van der Waals surface area (Å²) in [6, 6.07) is 8.52. The fourth-order valence-electron chi connectivity index (χ4n) is 2.29. The number of carbonyl (C=O) groups is 1. The molecule has 98 valence electrons. The molecule has 1 aliphatic rings. The molecule has 0 amide bonds. The van der Waals surface area contributed by atoms with E-state index in [1.807, 2.05) is 0 Å². The summed E-state index contributed by atoms with van der Waals surface area (Å²) in [7, 11) is 0. The molecule has 0 spiro atoms. The molecule has 3 nitrogen and oxygen atoms in total. The fraction of sp³-hybridized carbons (Fsp3) is 0.533. The van der Waals surface area contributed by atoms with E-state index in [-0.39, 0.29) is 0 Å². The van der Waals surface area contributed by atoms with Crippen molar-refractivity contribution in [1.82, 2.24) is 4.90 Å². The van der Waals surface area contributed by atoms with Crippen molar-refractivity contribution in [3.05, 3.63) is 35.4 Å². The van der Waals surface area contributed by atoms with Gasteiger partial charge in [-0.3, -0.25) is 9.69 Å². The summed E-state index contributed by atoms with van der Waals surface area (Å²) in [5, 5.41) is 9.11. The molecule has 0 aliphatic carbocycles. The number of nitrogens with zero attached hydrogens (tertiary/aromatic N) is 1. The number of hydrogen-bond acceptors (Lipinski definition) is 2. The van der Waals surface area contributed by atoms with Crippen LogP contribution in [0.15, 0.2) is 24.3 Å². The molecule has 18 heavy (non-hydrogen) atoms. The zero-order valence-electron chi connectivity index (χ0n) is 11.1. The lowest BCUT2D eigenvalue weighted by molar-refractivity contribution is -0.147. The van der Waals surface area contributed by atoms with E-state index in [0.29, 0.717) is 6.42 Å². The van der Waals surface area contributed by atoms with E-state index in [0.717, 1.165) is 26.1 Å². The van der Waals surface area contributed by atoms with Crippen molar-refractivity contribution in [2.75, 3.05) is 13.1 Å². The molecule has 0 aromatic heterocycles. The standard InChI is InChI=1S/C15H21NO2/c1-15(2,14(17)18)8-10-16-9-7-12-5-3-4-6-13(12)11-16/h3-6H,7-11H2,1-2H3,(H,17,18). The van der Waals surface area contributed by atoms with E-state index in [1.165, 1.54) is 11.1 Å². The topological polar surface area (TPSA) is 40.5 Å². The third-order valence-corrected chi connectivity index (χ3v) is 3.84. The van der Waals surface area contributed by atoms with Gasteiger partial charge in [0.2, 0.25) is 0 Å². The van der Waals surface area contributed by atoms with Gasteiger partial charge in [0, 0.05) is 13.1 Å². The van der Waals surface area contributed by atoms with Crippen molar-refractivity contribution in [3.8, 4) is 0 Å². The van der Waals surface area contributed by atoms with Crippen LogP contribution in [0.1, 0.15) is 31.4 Å². The van der Waals surface area contributed by atoms with Crippen molar-refractivity contribution in [3.63, 3.8) is 0 Å². The molecule has 1 N–H and O–H groups in total. The lowest BCUT2D eigenvalue weighted by atomic mass is 9.89. The van der Waals surface area contributed by atoms with Crippen LogP contribution in [-0.2, 0) is 17.8 Å². The fourth-order valence-corrected chi connectivity index (χ4v) is 2.29. The Bertz CT molecular complexity index is 440. The van der Waals surface area contributed by atoms with Crippen molar-refractivity contribution >= 4 is 5.97 Å². The van der Waals surface area contributed by atoms with Gasteiger partial charge in [-0.05, 0) is 44.4 Å². The normalized spacial score (nSPS) is 16.3. The maximum Gasteiger partial charge on any atom is 0.309 e. The molecule has 1 heterocycles. The van der Waals surface area contributed by atoms with E-state index >= 15 is 0 Å². The number of rotatable bonds is 4. The van der Waals surface area contributed by atoms with Crippen molar-refractivity contribution in [2.24, 2.45) is 5.41 Å². The van der Waals surface area contributed by atoms with Gasteiger partial charge in [0.05, 0.1) is 5.41 Å². The highest BCUT2D eigenvalue weighted by atomic mass is 16.4. The second-order valence-electron chi connectivity index (χ2n) is 5.73. The number of aliphatic carboxylic acids is 1. The van der Waals surface area contributed by atoms with Gasteiger partial charge in [-0.15, -0.1) is 0 Å². The Balaban J connectivity index is 1.93. The second-order valence-corrected chi connectivity index (χ2v) is 5.73. The van der Waals surface area contributed by atoms with E-state index in [9.17, 15) is 4.79 Å². The predicted molar refractivity (Wildman–Crippen MR) is 71.5 cm³/mol. The highest BCUT2D eigenvalue weighted by molar-refractivity contribution is 5.73. The summed E-state index contributed by atoms with van der Waals surface area (Å²) in [4.78, 5) is 13.4. The number of hydrogen-bond donors (Lipinski definition) is 1. The van der Waals surface area contributed by atoms with Crippen LogP contribution in [0.25, 0.3) is 0 Å². The first kappa shape index (κ1) is 13.1. The molecule has 1 aromatic rings. The predicted octanol–water partition coefficient (Wildman–Crippen LogP) is 2.55. The first-order valence-electron chi connectivity index (χ1n) is 6.51. The molecule has 0 bridgehead atoms. The molecule has 0 unspecified atom stereocenters. The van der Waals surface area contributed by atoms with Crippen LogP contribution >= 0.6 is 0 Å². The third kappa shape index (κ3) is 2.91. The summed E-state index contributed by atoms with van der Waals surface area (Å²) in [6.07, 6.45) is 1.77. The Morgan fingerprint density at radius 1 is 1.33 bits per heavy atom. The maximum atomic E-state index is 11.1. The van der Waals surface area contributed by atoms with Crippen molar-refractivity contribution < 1.29 is 9.90 Å². The zero-order valence-corrected chi connectivity index (χ0v) is 11.1. The van der Waals surface area contributed by atoms with E-state index in [4.69, 9.17) is 5.11 Å². The summed E-state index contributed by atoms with van der Waals surface area (Å²) < 4.78 is 0. The van der Waals surface area contributed by atoms with Crippen LogP contribution in [0.4, 0.5) is 0 Å². The lowest BCUT2D eigenvalue weighted by Crippen LogP contribution is -2.35. The number of fused-ring (bicyclic) bond motifs is 1. The largest absolute Gasteiger partial charge is 0.481 e. The number of carboxylic acids is 1. The molecule has 1 aromatic carbocycles. The average molecular weight is 247 g/mol. The average Bonchev–Trinajstić information content (AvgIpc) is 2.36. The van der Waals surface area contributed by atoms with Crippen LogP contribution in [-0.4, -0.2) is 29.1 Å². The molecular formula is C15H21NO2. The van der Waals surface area contributed by atoms with E-state index in [1.54, 1.807) is 13.8 Å². The van der Waals surface area contributed by atoms with Crippen LogP contribution < -0.4 is 0 Å². The Morgan fingerprint density at radius 3 is 2.67 bits per heavy atom.